The van der Waals surface area contributed by atoms with Crippen LogP contribution in [0.2, 0.25) is 0 Å². The van der Waals surface area contributed by atoms with E-state index in [2.05, 4.69) is 41.6 Å². The average molecular weight is 296 g/mol. The molecule has 0 spiro atoms. The Hall–Kier alpha value is -1.98. The summed E-state index contributed by atoms with van der Waals surface area (Å²) >= 11 is 1.78. The predicted octanol–water partition coefficient (Wildman–Crippen LogP) is 3.44. The maximum atomic E-state index is 5.70. The minimum atomic E-state index is 0.732. The summed E-state index contributed by atoms with van der Waals surface area (Å²) in [7, 11) is 0. The largest absolute Gasteiger partial charge is 0.308 e. The minimum Gasteiger partial charge on any atom is -0.308 e. The molecular formula is C16H16N4S. The number of hydrogen-bond donors (Lipinski definition) is 2. The van der Waals surface area contributed by atoms with E-state index in [9.17, 15) is 0 Å². The van der Waals surface area contributed by atoms with Gasteiger partial charge in [-0.15, -0.1) is 11.3 Å². The normalized spacial score (nSPS) is 13.6. The molecule has 1 aromatic carbocycles. The summed E-state index contributed by atoms with van der Waals surface area (Å²) in [5.41, 5.74) is 6.40. The van der Waals surface area contributed by atoms with Gasteiger partial charge in [0.1, 0.15) is 4.83 Å². The summed E-state index contributed by atoms with van der Waals surface area (Å²) in [5, 5.41) is 1.12. The second-order valence-electron chi connectivity index (χ2n) is 5.44. The number of aromatic nitrogens is 2. The summed E-state index contributed by atoms with van der Waals surface area (Å²) in [6.07, 6.45) is 3.48. The van der Waals surface area contributed by atoms with Gasteiger partial charge in [-0.25, -0.2) is 15.8 Å². The number of benzene rings is 1. The highest BCUT2D eigenvalue weighted by molar-refractivity contribution is 7.19. The van der Waals surface area contributed by atoms with E-state index in [0.717, 1.165) is 40.3 Å². The van der Waals surface area contributed by atoms with Crippen molar-refractivity contribution in [2.24, 2.45) is 5.84 Å². The summed E-state index contributed by atoms with van der Waals surface area (Å²) in [4.78, 5) is 11.9. The maximum Gasteiger partial charge on any atom is 0.163 e. The molecule has 5 heteroatoms. The second-order valence-corrected chi connectivity index (χ2v) is 6.53. The Bertz CT molecular complexity index is 820. The van der Waals surface area contributed by atoms with E-state index in [1.807, 2.05) is 0 Å². The molecule has 0 fully saturated rings. The Morgan fingerprint density at radius 1 is 1.14 bits per heavy atom. The van der Waals surface area contributed by atoms with Gasteiger partial charge >= 0.3 is 0 Å². The van der Waals surface area contributed by atoms with Gasteiger partial charge in [0.2, 0.25) is 0 Å². The van der Waals surface area contributed by atoms with Gasteiger partial charge in [-0.05, 0) is 31.7 Å². The van der Waals surface area contributed by atoms with Gasteiger partial charge in [0.15, 0.2) is 11.6 Å². The molecule has 0 atom stereocenters. The lowest BCUT2D eigenvalue weighted by Crippen LogP contribution is -2.10. The zero-order valence-electron chi connectivity index (χ0n) is 11.8. The number of nitrogens with two attached hydrogens (primary N) is 1. The Kier molecular flexibility index (Phi) is 2.90. The molecule has 3 N–H and O–H groups in total. The molecule has 1 aliphatic carbocycles. The van der Waals surface area contributed by atoms with Crippen LogP contribution in [-0.2, 0) is 12.8 Å². The molecule has 0 unspecified atom stereocenters. The molecule has 4 rings (SSSR count). The van der Waals surface area contributed by atoms with Gasteiger partial charge in [0, 0.05) is 10.4 Å². The van der Waals surface area contributed by atoms with E-state index >= 15 is 0 Å². The summed E-state index contributed by atoms with van der Waals surface area (Å²) in [6, 6.07) is 8.26. The summed E-state index contributed by atoms with van der Waals surface area (Å²) in [6.45, 7) is 2.07. The third kappa shape index (κ3) is 2.01. The average Bonchev–Trinajstić information content (AvgIpc) is 3.07. The highest BCUT2D eigenvalue weighted by atomic mass is 32.1. The molecule has 0 aliphatic heterocycles. The first-order valence-electron chi connectivity index (χ1n) is 7.12. The third-order valence-electron chi connectivity index (χ3n) is 4.01. The zero-order chi connectivity index (χ0) is 14.4. The van der Waals surface area contributed by atoms with Crippen LogP contribution in [0.15, 0.2) is 24.3 Å². The van der Waals surface area contributed by atoms with Gasteiger partial charge in [-0.2, -0.15) is 0 Å². The number of aryl methyl sites for hydroxylation is 3. The van der Waals surface area contributed by atoms with E-state index in [1.165, 1.54) is 22.4 Å². The molecule has 106 valence electrons. The lowest BCUT2D eigenvalue weighted by molar-refractivity contribution is 0.917. The standard InChI is InChI=1S/C16H16N4S/c1-9-5-7-10(8-6-9)14-18-15(20-17)13-11-3-2-4-12(11)21-16(13)19-14/h5-8H,2-4,17H2,1H3,(H,18,19,20). The number of rotatable bonds is 2. The van der Waals surface area contributed by atoms with Crippen LogP contribution in [0.25, 0.3) is 21.6 Å². The molecule has 3 aromatic rings. The van der Waals surface area contributed by atoms with Crippen LogP contribution in [0.5, 0.6) is 0 Å². The van der Waals surface area contributed by atoms with Gasteiger partial charge in [0.05, 0.1) is 5.39 Å². The maximum absolute atomic E-state index is 5.70. The van der Waals surface area contributed by atoms with Crippen LogP contribution in [0.1, 0.15) is 22.4 Å². The van der Waals surface area contributed by atoms with Crippen LogP contribution in [0, 0.1) is 6.92 Å². The topological polar surface area (TPSA) is 63.8 Å². The molecule has 1 aliphatic rings. The SMILES string of the molecule is Cc1ccc(-c2nc(NN)c3c4c(sc3n2)CCC4)cc1. The number of anilines is 1. The Balaban J connectivity index is 1.94. The monoisotopic (exact) mass is 296 g/mol. The number of thiophene rings is 1. The fourth-order valence-corrected chi connectivity index (χ4v) is 4.19. The van der Waals surface area contributed by atoms with E-state index in [1.54, 1.807) is 11.3 Å². The second kappa shape index (κ2) is 4.79. The van der Waals surface area contributed by atoms with Crippen molar-refractivity contribution < 1.29 is 0 Å². The van der Waals surface area contributed by atoms with Crippen molar-refractivity contribution in [1.29, 1.82) is 0 Å². The fraction of sp³-hybridized carbons (Fsp3) is 0.250. The molecule has 2 aromatic heterocycles. The van der Waals surface area contributed by atoms with Crippen LogP contribution < -0.4 is 11.3 Å². The first kappa shape index (κ1) is 12.7. The lowest BCUT2D eigenvalue weighted by Gasteiger charge is -2.07. The van der Waals surface area contributed by atoms with Crippen LogP contribution in [-0.4, -0.2) is 9.97 Å². The summed E-state index contributed by atoms with van der Waals surface area (Å²) in [5.74, 6) is 7.18. The molecule has 0 bridgehead atoms. The van der Waals surface area contributed by atoms with Crippen molar-refractivity contribution in [3.05, 3.63) is 40.3 Å². The van der Waals surface area contributed by atoms with Crippen LogP contribution in [0.4, 0.5) is 5.82 Å². The number of hydrogen-bond acceptors (Lipinski definition) is 5. The minimum absolute atomic E-state index is 0.732. The van der Waals surface area contributed by atoms with Crippen molar-refractivity contribution in [1.82, 2.24) is 9.97 Å². The molecule has 2 heterocycles. The van der Waals surface area contributed by atoms with Crippen molar-refractivity contribution >= 4 is 27.4 Å². The van der Waals surface area contributed by atoms with E-state index in [0.29, 0.717) is 0 Å². The first-order chi connectivity index (χ1) is 10.3. The Morgan fingerprint density at radius 3 is 2.71 bits per heavy atom. The highest BCUT2D eigenvalue weighted by Crippen LogP contribution is 2.40. The smallest absolute Gasteiger partial charge is 0.163 e. The molecule has 4 nitrogen and oxygen atoms in total. The number of nitrogens with one attached hydrogen (secondary N) is 1. The third-order valence-corrected chi connectivity index (χ3v) is 5.20. The highest BCUT2D eigenvalue weighted by Gasteiger charge is 2.22. The van der Waals surface area contributed by atoms with Crippen molar-refractivity contribution in [2.75, 3.05) is 5.43 Å². The molecule has 0 amide bonds. The first-order valence-corrected chi connectivity index (χ1v) is 7.94. The zero-order valence-corrected chi connectivity index (χ0v) is 12.6. The van der Waals surface area contributed by atoms with Crippen LogP contribution >= 0.6 is 11.3 Å². The quantitative estimate of drug-likeness (QED) is 0.561. The van der Waals surface area contributed by atoms with Crippen molar-refractivity contribution in [3.63, 3.8) is 0 Å². The van der Waals surface area contributed by atoms with Crippen molar-refractivity contribution in [2.45, 2.75) is 26.2 Å². The molecule has 0 saturated carbocycles. The van der Waals surface area contributed by atoms with E-state index < -0.39 is 0 Å². The lowest BCUT2D eigenvalue weighted by atomic mass is 10.1. The predicted molar refractivity (Wildman–Crippen MR) is 87.4 cm³/mol. The number of fused-ring (bicyclic) bond motifs is 3. The Morgan fingerprint density at radius 2 is 1.95 bits per heavy atom. The van der Waals surface area contributed by atoms with E-state index in [-0.39, 0.29) is 0 Å². The fourth-order valence-electron chi connectivity index (χ4n) is 2.93. The molecular weight excluding hydrogens is 280 g/mol. The van der Waals surface area contributed by atoms with Gasteiger partial charge in [0.25, 0.3) is 0 Å². The Labute approximate surface area is 127 Å². The van der Waals surface area contributed by atoms with Gasteiger partial charge in [-0.1, -0.05) is 29.8 Å². The number of hydrazine groups is 1. The van der Waals surface area contributed by atoms with Gasteiger partial charge < -0.3 is 5.43 Å². The molecule has 21 heavy (non-hydrogen) atoms. The molecule has 0 saturated heterocycles. The molecule has 0 radical (unpaired) electrons. The summed E-state index contributed by atoms with van der Waals surface area (Å²) < 4.78 is 0. The van der Waals surface area contributed by atoms with Crippen LogP contribution in [0.3, 0.4) is 0 Å². The number of nitrogen functional groups attached to an aromatic ring is 1. The van der Waals surface area contributed by atoms with Crippen molar-refractivity contribution in [3.8, 4) is 11.4 Å². The number of nitrogens with zero attached hydrogens (tertiary/aromatic N) is 2. The van der Waals surface area contributed by atoms with E-state index in [4.69, 9.17) is 10.8 Å². The van der Waals surface area contributed by atoms with Gasteiger partial charge in [-0.3, -0.25) is 0 Å².